The average molecular weight is 486 g/mol. The molecular weight excluding hydrogens is 457 g/mol. The number of hydrogen-bond donors (Lipinski definition) is 0. The van der Waals surface area contributed by atoms with E-state index in [-0.39, 0.29) is 22.3 Å². The molecule has 1 atom stereocenters. The zero-order valence-electron chi connectivity index (χ0n) is 20.3. The summed E-state index contributed by atoms with van der Waals surface area (Å²) in [6.45, 7) is 6.40. The number of methoxy groups -OCH3 is 1. The van der Waals surface area contributed by atoms with Gasteiger partial charge in [0.1, 0.15) is 11.6 Å². The third-order valence-electron chi connectivity index (χ3n) is 6.64. The van der Waals surface area contributed by atoms with Crippen LogP contribution < -0.4 is 4.74 Å². The summed E-state index contributed by atoms with van der Waals surface area (Å²) in [7, 11) is 1.64. The number of Topliss-reactive ketones (excluding diaryl/α,β-unsaturated/α-hetero) is 1. The number of carbonyl (C=O) groups excluding carboxylic acids is 1. The molecule has 1 aliphatic carbocycles. The molecule has 1 unspecified atom stereocenters. The molecule has 0 amide bonds. The van der Waals surface area contributed by atoms with Crippen molar-refractivity contribution in [2.24, 2.45) is 5.41 Å². The summed E-state index contributed by atoms with van der Waals surface area (Å²) in [6.07, 6.45) is 0.467. The maximum absolute atomic E-state index is 13.9. The van der Waals surface area contributed by atoms with E-state index in [2.05, 4.69) is 49.6 Å². The summed E-state index contributed by atoms with van der Waals surface area (Å²) in [6, 6.07) is 24.8. The van der Waals surface area contributed by atoms with E-state index >= 15 is 0 Å². The van der Waals surface area contributed by atoms with Crippen molar-refractivity contribution in [1.82, 2.24) is 4.57 Å². The highest BCUT2D eigenvalue weighted by Gasteiger charge is 2.44. The first-order valence-corrected chi connectivity index (χ1v) is 12.6. The summed E-state index contributed by atoms with van der Waals surface area (Å²) < 4.78 is 21.5. The number of thioether (sulfide) groups is 1. The maximum atomic E-state index is 13.9. The van der Waals surface area contributed by atoms with E-state index in [0.29, 0.717) is 6.42 Å². The van der Waals surface area contributed by atoms with Crippen LogP contribution in [0.5, 0.6) is 5.75 Å². The largest absolute Gasteiger partial charge is 0.497 e. The highest BCUT2D eigenvalue weighted by atomic mass is 32.2. The molecule has 178 valence electrons. The number of carbonyl (C=O) groups is 1. The Hall–Kier alpha value is -3.31. The van der Waals surface area contributed by atoms with Gasteiger partial charge in [0.25, 0.3) is 0 Å². The lowest BCUT2D eigenvalue weighted by molar-refractivity contribution is 0.0908. The van der Waals surface area contributed by atoms with Crippen LogP contribution in [-0.4, -0.2) is 17.5 Å². The highest BCUT2D eigenvalue weighted by molar-refractivity contribution is 7.99. The molecule has 5 heteroatoms. The Bertz CT molecular complexity index is 1390. The second kappa shape index (κ2) is 9.04. The van der Waals surface area contributed by atoms with Gasteiger partial charge in [-0.3, -0.25) is 4.79 Å². The van der Waals surface area contributed by atoms with Crippen molar-refractivity contribution in [3.63, 3.8) is 0 Å². The van der Waals surface area contributed by atoms with Crippen LogP contribution in [0.2, 0.25) is 0 Å². The quantitative estimate of drug-likeness (QED) is 0.287. The molecule has 1 heterocycles. The minimum atomic E-state index is -0.292. The Morgan fingerprint density at radius 3 is 2.40 bits per heavy atom. The maximum Gasteiger partial charge on any atom is 0.165 e. The molecule has 0 saturated heterocycles. The monoisotopic (exact) mass is 485 g/mol. The number of halogens is 1. The number of benzene rings is 3. The van der Waals surface area contributed by atoms with Crippen LogP contribution in [0.15, 0.2) is 83.8 Å². The first kappa shape index (κ1) is 23.4. The van der Waals surface area contributed by atoms with E-state index in [1.807, 2.05) is 30.3 Å². The SMILES string of the molecule is COc1cccc(-c2cc3c(n2-c2ccc(F)cc2)C(Sc2ccc(C)cc2)C(C)(C)CC3=O)c1. The minimum Gasteiger partial charge on any atom is -0.497 e. The number of hydrogen-bond acceptors (Lipinski definition) is 3. The Balaban J connectivity index is 1.77. The molecule has 0 bridgehead atoms. The normalized spacial score (nSPS) is 16.7. The van der Waals surface area contributed by atoms with Crippen LogP contribution in [0.1, 0.15) is 47.1 Å². The van der Waals surface area contributed by atoms with Crippen molar-refractivity contribution < 1.29 is 13.9 Å². The molecule has 3 aromatic carbocycles. The molecule has 1 aromatic heterocycles. The standard InChI is InChI=1S/C30H28FNO2S/c1-19-8-14-24(15-9-19)35-29-28-25(27(33)18-30(29,2)3)17-26(20-6-5-7-23(16-20)34-4)32(28)22-12-10-21(31)11-13-22/h5-17,29H,18H2,1-4H3. The number of ether oxygens (including phenoxy) is 1. The Morgan fingerprint density at radius 2 is 1.71 bits per heavy atom. The van der Waals surface area contributed by atoms with Crippen LogP contribution in [0.4, 0.5) is 4.39 Å². The van der Waals surface area contributed by atoms with Gasteiger partial charge in [-0.2, -0.15) is 0 Å². The van der Waals surface area contributed by atoms with Crippen LogP contribution in [0.25, 0.3) is 16.9 Å². The van der Waals surface area contributed by atoms with Crippen molar-refractivity contribution >= 4 is 17.5 Å². The molecular formula is C30H28FNO2S. The molecule has 4 aromatic rings. The molecule has 0 N–H and O–H groups in total. The second-order valence-electron chi connectivity index (χ2n) is 9.77. The first-order chi connectivity index (χ1) is 16.8. The summed E-state index contributed by atoms with van der Waals surface area (Å²) in [5, 5.41) is 0.0160. The van der Waals surface area contributed by atoms with Crippen LogP contribution in [-0.2, 0) is 0 Å². The second-order valence-corrected chi connectivity index (χ2v) is 11.0. The van der Waals surface area contributed by atoms with E-state index in [1.165, 1.54) is 17.7 Å². The van der Waals surface area contributed by atoms with Crippen LogP contribution in [0, 0.1) is 18.2 Å². The van der Waals surface area contributed by atoms with E-state index in [0.717, 1.165) is 38.8 Å². The number of aromatic nitrogens is 1. The zero-order chi connectivity index (χ0) is 24.7. The Labute approximate surface area is 209 Å². The molecule has 3 nitrogen and oxygen atoms in total. The number of nitrogens with zero attached hydrogens (tertiary/aromatic N) is 1. The summed E-state index contributed by atoms with van der Waals surface area (Å²) in [5.74, 6) is 0.583. The van der Waals surface area contributed by atoms with Crippen molar-refractivity contribution in [2.45, 2.75) is 37.3 Å². The fraction of sp³-hybridized carbons (Fsp3) is 0.233. The molecule has 35 heavy (non-hydrogen) atoms. The fourth-order valence-electron chi connectivity index (χ4n) is 4.81. The number of aryl methyl sites for hydroxylation is 1. The first-order valence-electron chi connectivity index (χ1n) is 11.7. The van der Waals surface area contributed by atoms with Crippen LogP contribution >= 0.6 is 11.8 Å². The molecule has 1 aliphatic rings. The van der Waals surface area contributed by atoms with Gasteiger partial charge >= 0.3 is 0 Å². The van der Waals surface area contributed by atoms with E-state index in [9.17, 15) is 9.18 Å². The number of fused-ring (bicyclic) bond motifs is 1. The van der Waals surface area contributed by atoms with Gasteiger partial charge in [0.2, 0.25) is 0 Å². The van der Waals surface area contributed by atoms with Gasteiger partial charge in [0, 0.05) is 33.8 Å². The van der Waals surface area contributed by atoms with Crippen molar-refractivity contribution in [1.29, 1.82) is 0 Å². The highest BCUT2D eigenvalue weighted by Crippen LogP contribution is 2.55. The molecule has 0 fully saturated rings. The summed E-state index contributed by atoms with van der Waals surface area (Å²) >= 11 is 1.78. The van der Waals surface area contributed by atoms with Gasteiger partial charge in [-0.1, -0.05) is 43.7 Å². The zero-order valence-corrected chi connectivity index (χ0v) is 21.2. The average Bonchev–Trinajstić information content (AvgIpc) is 3.24. The van der Waals surface area contributed by atoms with Crippen molar-refractivity contribution in [3.05, 3.63) is 102 Å². The molecule has 0 spiro atoms. The van der Waals surface area contributed by atoms with E-state index in [4.69, 9.17) is 4.74 Å². The lowest BCUT2D eigenvalue weighted by Crippen LogP contribution is -2.31. The predicted octanol–water partition coefficient (Wildman–Crippen LogP) is 8.05. The Morgan fingerprint density at radius 1 is 1.00 bits per heavy atom. The topological polar surface area (TPSA) is 31.2 Å². The summed E-state index contributed by atoms with van der Waals surface area (Å²) in [4.78, 5) is 14.6. The predicted molar refractivity (Wildman–Crippen MR) is 140 cm³/mol. The minimum absolute atomic E-state index is 0.0160. The van der Waals surface area contributed by atoms with Gasteiger partial charge in [-0.25, -0.2) is 4.39 Å². The molecule has 5 rings (SSSR count). The van der Waals surface area contributed by atoms with Gasteiger partial charge in [-0.05, 0) is 66.9 Å². The number of rotatable bonds is 5. The fourth-order valence-corrected chi connectivity index (χ4v) is 6.12. The van der Waals surface area contributed by atoms with E-state index in [1.54, 1.807) is 31.0 Å². The van der Waals surface area contributed by atoms with Gasteiger partial charge in [-0.15, -0.1) is 11.8 Å². The summed E-state index contributed by atoms with van der Waals surface area (Å²) in [5.41, 5.74) is 5.28. The molecule has 0 saturated carbocycles. The van der Waals surface area contributed by atoms with Gasteiger partial charge < -0.3 is 9.30 Å². The van der Waals surface area contributed by atoms with Crippen molar-refractivity contribution in [2.75, 3.05) is 7.11 Å². The third-order valence-corrected chi connectivity index (χ3v) is 8.28. The smallest absolute Gasteiger partial charge is 0.165 e. The molecule has 0 radical (unpaired) electrons. The van der Waals surface area contributed by atoms with E-state index < -0.39 is 0 Å². The third kappa shape index (κ3) is 4.41. The lowest BCUT2D eigenvalue weighted by Gasteiger charge is -2.38. The van der Waals surface area contributed by atoms with Crippen LogP contribution in [0.3, 0.4) is 0 Å². The Kier molecular flexibility index (Phi) is 6.06. The van der Waals surface area contributed by atoms with Crippen molar-refractivity contribution in [3.8, 4) is 22.7 Å². The molecule has 0 aliphatic heterocycles. The van der Waals surface area contributed by atoms with Gasteiger partial charge in [0.15, 0.2) is 5.78 Å². The lowest BCUT2D eigenvalue weighted by atomic mass is 9.75. The van der Waals surface area contributed by atoms with Gasteiger partial charge in [0.05, 0.1) is 18.1 Å². The number of ketones is 1.